The molecule has 8 heteroatoms. The Bertz CT molecular complexity index is 590. The van der Waals surface area contributed by atoms with E-state index in [0.29, 0.717) is 12.2 Å². The lowest BCUT2D eigenvalue weighted by molar-refractivity contribution is -0.149. The number of hydrogen-bond donors (Lipinski definition) is 1. The van der Waals surface area contributed by atoms with Gasteiger partial charge in [-0.2, -0.15) is 5.10 Å². The Morgan fingerprint density at radius 3 is 2.79 bits per heavy atom. The second-order valence-electron chi connectivity index (χ2n) is 4.72. The van der Waals surface area contributed by atoms with Crippen molar-refractivity contribution in [1.82, 2.24) is 30.0 Å². The number of nitrogens with zero attached hydrogens (tertiary/aromatic N) is 6. The van der Waals surface area contributed by atoms with Crippen LogP contribution >= 0.6 is 0 Å². The minimum absolute atomic E-state index is 0.215. The van der Waals surface area contributed by atoms with E-state index in [4.69, 9.17) is 0 Å². The molecule has 0 fully saturated rings. The Morgan fingerprint density at radius 2 is 2.26 bits per heavy atom. The molecule has 102 valence electrons. The second kappa shape index (κ2) is 4.79. The third-order valence-electron chi connectivity index (χ3n) is 3.38. The fraction of sp³-hybridized carbons (Fsp3) is 0.545. The molecule has 8 nitrogen and oxygen atoms in total. The molecule has 19 heavy (non-hydrogen) atoms. The van der Waals surface area contributed by atoms with Crippen LogP contribution in [0.1, 0.15) is 20.3 Å². The molecule has 0 radical (unpaired) electrons. The summed E-state index contributed by atoms with van der Waals surface area (Å²) in [6.07, 6.45) is 2.14. The van der Waals surface area contributed by atoms with E-state index in [2.05, 4.69) is 20.6 Å². The molecule has 0 aliphatic carbocycles. The monoisotopic (exact) mass is 264 g/mol. The van der Waals surface area contributed by atoms with Gasteiger partial charge in [-0.25, -0.2) is 4.68 Å². The summed E-state index contributed by atoms with van der Waals surface area (Å²) < 4.78 is 3.15. The van der Waals surface area contributed by atoms with Crippen LogP contribution in [0.25, 0.3) is 11.5 Å². The third kappa shape index (κ3) is 2.33. The van der Waals surface area contributed by atoms with Crippen LogP contribution in [0.5, 0.6) is 0 Å². The number of hydrogen-bond acceptors (Lipinski definition) is 5. The lowest BCUT2D eigenvalue weighted by Gasteiger charge is -2.22. The Kier molecular flexibility index (Phi) is 3.32. The van der Waals surface area contributed by atoms with E-state index in [1.54, 1.807) is 30.9 Å². The Balaban J connectivity index is 2.36. The summed E-state index contributed by atoms with van der Waals surface area (Å²) in [6.45, 7) is 3.73. The minimum atomic E-state index is -0.900. The van der Waals surface area contributed by atoms with E-state index in [1.807, 2.05) is 6.92 Å². The van der Waals surface area contributed by atoms with Crippen molar-refractivity contribution >= 4 is 5.97 Å². The standard InChI is InChI=1S/C11H16N6O2/c1-4-11(2,10(18)19)7-17-9(13-14-15-17)8-5-6-12-16(8)3/h5-6H,4,7H2,1-3H3,(H,18,19). The van der Waals surface area contributed by atoms with Crippen molar-refractivity contribution in [2.45, 2.75) is 26.8 Å². The smallest absolute Gasteiger partial charge is 0.311 e. The quantitative estimate of drug-likeness (QED) is 0.847. The SMILES string of the molecule is CCC(C)(Cn1nnnc1-c1ccnn1C)C(=O)O. The number of tetrazole rings is 1. The fourth-order valence-corrected chi connectivity index (χ4v) is 1.75. The molecule has 0 saturated carbocycles. The van der Waals surface area contributed by atoms with Crippen molar-refractivity contribution in [1.29, 1.82) is 0 Å². The number of aliphatic carboxylic acids is 1. The van der Waals surface area contributed by atoms with Gasteiger partial charge in [0.15, 0.2) is 5.82 Å². The molecule has 0 bridgehead atoms. The van der Waals surface area contributed by atoms with Crippen molar-refractivity contribution in [2.75, 3.05) is 0 Å². The normalized spacial score (nSPS) is 14.3. The van der Waals surface area contributed by atoms with Gasteiger partial charge < -0.3 is 5.11 Å². The molecule has 0 aromatic carbocycles. The number of carboxylic acids is 1. The van der Waals surface area contributed by atoms with E-state index in [0.717, 1.165) is 5.69 Å². The first kappa shape index (κ1) is 13.2. The van der Waals surface area contributed by atoms with E-state index in [-0.39, 0.29) is 6.54 Å². The van der Waals surface area contributed by atoms with E-state index in [9.17, 15) is 9.90 Å². The lowest BCUT2D eigenvalue weighted by Crippen LogP contribution is -2.32. The van der Waals surface area contributed by atoms with Crippen LogP contribution < -0.4 is 0 Å². The maximum absolute atomic E-state index is 11.3. The summed E-state index contributed by atoms with van der Waals surface area (Å²) in [5.41, 5.74) is -0.156. The highest BCUT2D eigenvalue weighted by Crippen LogP contribution is 2.25. The predicted octanol–water partition coefficient (Wildman–Crippen LogP) is 0.574. The summed E-state index contributed by atoms with van der Waals surface area (Å²) in [5.74, 6) is -0.345. The Labute approximate surface area is 110 Å². The van der Waals surface area contributed by atoms with Crippen LogP contribution in [-0.4, -0.2) is 41.1 Å². The molecule has 0 aliphatic rings. The van der Waals surface area contributed by atoms with Gasteiger partial charge in [0.2, 0.25) is 0 Å². The molecule has 0 spiro atoms. The molecule has 2 heterocycles. The Hall–Kier alpha value is -2.25. The van der Waals surface area contributed by atoms with Crippen molar-refractivity contribution in [3.8, 4) is 11.5 Å². The van der Waals surface area contributed by atoms with Gasteiger partial charge in [0.25, 0.3) is 0 Å². The van der Waals surface area contributed by atoms with Gasteiger partial charge in [-0.15, -0.1) is 5.10 Å². The number of aromatic nitrogens is 6. The van der Waals surface area contributed by atoms with Crippen LogP contribution in [0.4, 0.5) is 0 Å². The summed E-state index contributed by atoms with van der Waals surface area (Å²) in [5, 5.41) is 24.8. The number of rotatable bonds is 5. The highest BCUT2D eigenvalue weighted by atomic mass is 16.4. The first-order valence-electron chi connectivity index (χ1n) is 5.96. The predicted molar refractivity (Wildman–Crippen MR) is 66.1 cm³/mol. The van der Waals surface area contributed by atoms with Gasteiger partial charge in [-0.3, -0.25) is 9.48 Å². The molecule has 0 aliphatic heterocycles. The maximum atomic E-state index is 11.3. The average molecular weight is 264 g/mol. The van der Waals surface area contributed by atoms with Gasteiger partial charge in [-0.05, 0) is 29.8 Å². The zero-order chi connectivity index (χ0) is 14.0. The number of aryl methyl sites for hydroxylation is 1. The zero-order valence-corrected chi connectivity index (χ0v) is 11.1. The van der Waals surface area contributed by atoms with Gasteiger partial charge in [0.05, 0.1) is 12.0 Å². The van der Waals surface area contributed by atoms with E-state index >= 15 is 0 Å². The molecule has 2 rings (SSSR count). The molecule has 0 saturated heterocycles. The van der Waals surface area contributed by atoms with Gasteiger partial charge >= 0.3 is 5.97 Å². The number of carboxylic acid groups (broad SMARTS) is 1. The van der Waals surface area contributed by atoms with Crippen LogP contribution in [0.3, 0.4) is 0 Å². The van der Waals surface area contributed by atoms with E-state index in [1.165, 1.54) is 4.68 Å². The molecule has 1 unspecified atom stereocenters. The molecule has 2 aromatic heterocycles. The van der Waals surface area contributed by atoms with Crippen LogP contribution in [0, 0.1) is 5.41 Å². The molecular weight excluding hydrogens is 248 g/mol. The Morgan fingerprint density at radius 1 is 1.53 bits per heavy atom. The highest BCUT2D eigenvalue weighted by Gasteiger charge is 2.33. The largest absolute Gasteiger partial charge is 0.481 e. The maximum Gasteiger partial charge on any atom is 0.311 e. The summed E-state index contributed by atoms with van der Waals surface area (Å²) in [6, 6.07) is 1.78. The van der Waals surface area contributed by atoms with Crippen molar-refractivity contribution in [3.05, 3.63) is 12.3 Å². The second-order valence-corrected chi connectivity index (χ2v) is 4.72. The molecule has 0 amide bonds. The van der Waals surface area contributed by atoms with Crippen LogP contribution in [0.15, 0.2) is 12.3 Å². The summed E-state index contributed by atoms with van der Waals surface area (Å²) in [7, 11) is 1.78. The van der Waals surface area contributed by atoms with Crippen molar-refractivity contribution in [2.24, 2.45) is 12.5 Å². The molecular formula is C11H16N6O2. The van der Waals surface area contributed by atoms with Gasteiger partial charge in [-0.1, -0.05) is 6.92 Å². The van der Waals surface area contributed by atoms with E-state index < -0.39 is 11.4 Å². The van der Waals surface area contributed by atoms with Gasteiger partial charge in [0.1, 0.15) is 5.69 Å². The van der Waals surface area contributed by atoms with Crippen molar-refractivity contribution in [3.63, 3.8) is 0 Å². The first-order valence-corrected chi connectivity index (χ1v) is 5.96. The molecule has 1 N–H and O–H groups in total. The lowest BCUT2D eigenvalue weighted by atomic mass is 9.88. The minimum Gasteiger partial charge on any atom is -0.481 e. The highest BCUT2D eigenvalue weighted by molar-refractivity contribution is 5.74. The summed E-state index contributed by atoms with van der Waals surface area (Å²) >= 11 is 0. The first-order chi connectivity index (χ1) is 8.98. The van der Waals surface area contributed by atoms with Crippen LogP contribution in [-0.2, 0) is 18.4 Å². The topological polar surface area (TPSA) is 98.7 Å². The third-order valence-corrected chi connectivity index (χ3v) is 3.38. The fourth-order valence-electron chi connectivity index (χ4n) is 1.75. The zero-order valence-electron chi connectivity index (χ0n) is 11.1. The average Bonchev–Trinajstić information content (AvgIpc) is 2.97. The summed E-state index contributed by atoms with van der Waals surface area (Å²) in [4.78, 5) is 11.3. The van der Waals surface area contributed by atoms with Crippen LogP contribution in [0.2, 0.25) is 0 Å². The van der Waals surface area contributed by atoms with Crippen molar-refractivity contribution < 1.29 is 9.90 Å². The number of carbonyl (C=O) groups is 1. The molecule has 1 atom stereocenters. The van der Waals surface area contributed by atoms with Gasteiger partial charge in [0, 0.05) is 13.2 Å². The molecule has 2 aromatic rings.